The van der Waals surface area contributed by atoms with Gasteiger partial charge < -0.3 is 15.2 Å². The fourth-order valence-corrected chi connectivity index (χ4v) is 6.97. The number of fused-ring (bicyclic) bond motifs is 3. The first-order chi connectivity index (χ1) is 17.3. The van der Waals surface area contributed by atoms with E-state index in [1.54, 1.807) is 4.90 Å². The summed E-state index contributed by atoms with van der Waals surface area (Å²) >= 11 is 0. The second-order valence-corrected chi connectivity index (χ2v) is 10.7. The summed E-state index contributed by atoms with van der Waals surface area (Å²) in [5.41, 5.74) is 2.52. The zero-order valence-corrected chi connectivity index (χ0v) is 20.2. The highest BCUT2D eigenvalue weighted by Gasteiger charge is 2.56. The van der Waals surface area contributed by atoms with Crippen molar-refractivity contribution in [1.82, 2.24) is 20.2 Å². The Morgan fingerprint density at radius 3 is 3.00 bits per heavy atom. The monoisotopic (exact) mass is 496 g/mol. The van der Waals surface area contributed by atoms with Crippen LogP contribution < -0.4 is 5.32 Å². The van der Waals surface area contributed by atoms with Crippen molar-refractivity contribution in [3.05, 3.63) is 65.1 Å². The largest absolute Gasteiger partial charge is 0.417 e. The van der Waals surface area contributed by atoms with E-state index in [-0.39, 0.29) is 17.9 Å². The van der Waals surface area contributed by atoms with E-state index in [9.17, 15) is 18.0 Å². The van der Waals surface area contributed by atoms with E-state index in [0.717, 1.165) is 56.8 Å². The van der Waals surface area contributed by atoms with E-state index in [4.69, 9.17) is 0 Å². The highest BCUT2D eigenvalue weighted by atomic mass is 19.4. The molecule has 1 amide bonds. The van der Waals surface area contributed by atoms with Gasteiger partial charge in [-0.05, 0) is 67.8 Å². The lowest BCUT2D eigenvalue weighted by molar-refractivity contribution is -0.144. The molecule has 2 aliphatic carbocycles. The van der Waals surface area contributed by atoms with E-state index in [0.29, 0.717) is 36.2 Å². The maximum Gasteiger partial charge on any atom is 0.417 e. The lowest BCUT2D eigenvalue weighted by atomic mass is 9.78. The number of alkyl halides is 3. The molecule has 3 heterocycles. The predicted molar refractivity (Wildman–Crippen MR) is 131 cm³/mol. The van der Waals surface area contributed by atoms with Crippen molar-refractivity contribution in [1.29, 1.82) is 0 Å². The minimum absolute atomic E-state index is 0.133. The van der Waals surface area contributed by atoms with Gasteiger partial charge in [-0.25, -0.2) is 0 Å². The van der Waals surface area contributed by atoms with Crippen LogP contribution in [0.2, 0.25) is 0 Å². The smallest absolute Gasteiger partial charge is 0.361 e. The van der Waals surface area contributed by atoms with Crippen molar-refractivity contribution in [2.24, 2.45) is 11.3 Å². The second-order valence-electron chi connectivity index (χ2n) is 10.7. The molecule has 2 fully saturated rings. The zero-order valence-electron chi connectivity index (χ0n) is 20.2. The molecule has 190 valence electrons. The predicted octanol–water partition coefficient (Wildman–Crippen LogP) is 5.25. The first-order valence-electron chi connectivity index (χ1n) is 13.0. The molecule has 8 heteroatoms. The molecule has 2 N–H and O–H groups in total. The second kappa shape index (κ2) is 8.91. The minimum atomic E-state index is -4.43. The molecule has 3 unspecified atom stereocenters. The molecule has 0 spiro atoms. The van der Waals surface area contributed by atoms with Gasteiger partial charge >= 0.3 is 6.18 Å². The Morgan fingerprint density at radius 2 is 2.14 bits per heavy atom. The van der Waals surface area contributed by atoms with E-state index >= 15 is 0 Å². The summed E-state index contributed by atoms with van der Waals surface area (Å²) in [4.78, 5) is 23.1. The molecule has 6 rings (SSSR count). The maximum atomic E-state index is 13.9. The van der Waals surface area contributed by atoms with Gasteiger partial charge in [0, 0.05) is 54.5 Å². The van der Waals surface area contributed by atoms with Gasteiger partial charge in [-0.1, -0.05) is 24.6 Å². The minimum Gasteiger partial charge on any atom is -0.361 e. The summed E-state index contributed by atoms with van der Waals surface area (Å²) in [6.45, 7) is 1.60. The van der Waals surface area contributed by atoms with Crippen molar-refractivity contribution < 1.29 is 18.0 Å². The van der Waals surface area contributed by atoms with Gasteiger partial charge in [-0.15, -0.1) is 0 Å². The normalized spacial score (nSPS) is 25.8. The quantitative estimate of drug-likeness (QED) is 0.507. The molecule has 3 aromatic rings. The fourth-order valence-electron chi connectivity index (χ4n) is 6.97. The third-order valence-electron chi connectivity index (χ3n) is 8.72. The number of nitrogens with one attached hydrogen (secondary N) is 2. The number of amides is 1. The van der Waals surface area contributed by atoms with Crippen LogP contribution in [0.3, 0.4) is 0 Å². The topological polar surface area (TPSA) is 61.0 Å². The summed E-state index contributed by atoms with van der Waals surface area (Å²) in [5, 5.41) is 4.97. The molecule has 1 aliphatic heterocycles. The van der Waals surface area contributed by atoms with Gasteiger partial charge in [0.25, 0.3) is 0 Å². The number of hydrogen-bond acceptors (Lipinski definition) is 3. The number of halogens is 3. The van der Waals surface area contributed by atoms with Crippen LogP contribution in [0.25, 0.3) is 10.9 Å². The Bertz CT molecular complexity index is 1290. The molecule has 3 aliphatic rings. The molecule has 2 aromatic heterocycles. The third-order valence-corrected chi connectivity index (χ3v) is 8.72. The zero-order chi connectivity index (χ0) is 24.9. The Balaban J connectivity index is 1.12. The molecule has 3 atom stereocenters. The average Bonchev–Trinajstić information content (AvgIpc) is 3.55. The molecule has 5 nitrogen and oxygen atoms in total. The number of nitrogens with zero attached hydrogens (tertiary/aromatic N) is 2. The number of benzene rings is 1. The lowest BCUT2D eigenvalue weighted by Crippen LogP contribution is -2.47. The van der Waals surface area contributed by atoms with Crippen LogP contribution in [0.1, 0.15) is 54.5 Å². The van der Waals surface area contributed by atoms with Gasteiger partial charge in [0.15, 0.2) is 0 Å². The number of H-pyrrole nitrogens is 1. The average molecular weight is 497 g/mol. The Morgan fingerprint density at radius 1 is 1.28 bits per heavy atom. The van der Waals surface area contributed by atoms with Crippen LogP contribution in [-0.2, 0) is 30.4 Å². The van der Waals surface area contributed by atoms with Gasteiger partial charge in [-0.3, -0.25) is 9.78 Å². The summed E-state index contributed by atoms with van der Waals surface area (Å²) in [6, 6.07) is 9.77. The number of para-hydroxylation sites is 1. The van der Waals surface area contributed by atoms with Crippen molar-refractivity contribution >= 4 is 16.8 Å². The van der Waals surface area contributed by atoms with Crippen LogP contribution in [0.4, 0.5) is 13.2 Å². The third kappa shape index (κ3) is 4.09. The van der Waals surface area contributed by atoms with Gasteiger partial charge in [0.2, 0.25) is 5.91 Å². The van der Waals surface area contributed by atoms with E-state index in [2.05, 4.69) is 39.7 Å². The fraction of sp³-hybridized carbons (Fsp3) is 0.500. The van der Waals surface area contributed by atoms with Crippen LogP contribution in [0.5, 0.6) is 0 Å². The van der Waals surface area contributed by atoms with E-state index in [1.165, 1.54) is 17.0 Å². The molecular formula is C28H31F3N4O. The van der Waals surface area contributed by atoms with Crippen LogP contribution in [0, 0.1) is 11.3 Å². The summed E-state index contributed by atoms with van der Waals surface area (Å²) in [6.07, 6.45) is 4.76. The highest BCUT2D eigenvalue weighted by molar-refractivity contribution is 5.84. The molecule has 0 radical (unpaired) electrons. The van der Waals surface area contributed by atoms with Crippen molar-refractivity contribution in [2.45, 2.75) is 63.7 Å². The van der Waals surface area contributed by atoms with Crippen LogP contribution in [-0.4, -0.2) is 39.9 Å². The van der Waals surface area contributed by atoms with Gasteiger partial charge in [-0.2, -0.15) is 13.2 Å². The van der Waals surface area contributed by atoms with Crippen molar-refractivity contribution in [3.8, 4) is 0 Å². The van der Waals surface area contributed by atoms with E-state index in [1.807, 2.05) is 6.07 Å². The lowest BCUT2D eigenvalue weighted by Gasteiger charge is -2.37. The Hall–Kier alpha value is -2.87. The van der Waals surface area contributed by atoms with Crippen LogP contribution in [0.15, 0.2) is 42.7 Å². The molecule has 2 saturated carbocycles. The first kappa shape index (κ1) is 23.5. The molecule has 36 heavy (non-hydrogen) atoms. The molecule has 0 bridgehead atoms. The number of hydrogen-bond donors (Lipinski definition) is 2. The number of pyridine rings is 1. The van der Waals surface area contributed by atoms with Crippen molar-refractivity contribution in [3.63, 3.8) is 0 Å². The molecule has 1 aromatic carbocycles. The maximum absolute atomic E-state index is 13.9. The highest BCUT2D eigenvalue weighted by Crippen LogP contribution is 2.55. The summed E-state index contributed by atoms with van der Waals surface area (Å²) in [7, 11) is 0. The molecular weight excluding hydrogens is 465 g/mol. The molecule has 0 saturated heterocycles. The number of aromatic nitrogens is 2. The van der Waals surface area contributed by atoms with Gasteiger partial charge in [0.1, 0.15) is 0 Å². The van der Waals surface area contributed by atoms with E-state index < -0.39 is 11.7 Å². The summed E-state index contributed by atoms with van der Waals surface area (Å²) < 4.78 is 39.7. The standard InChI is InChI=1S/C28H31F3N4O/c29-28(30,31)21-12-19-17-35(11-8-24(19)34-16-21)26(36)27-9-3-4-20(27)13-22(14-27)32-10-7-18-15-33-25-6-2-1-5-23(18)25/h1-2,5-6,12,15-16,20,22,32-33H,3-4,7-11,13-14,17H2. The Labute approximate surface area is 208 Å². The number of carbonyl (C=O) groups excluding carboxylic acids is 1. The number of aromatic amines is 1. The number of carbonyl (C=O) groups is 1. The van der Waals surface area contributed by atoms with Crippen molar-refractivity contribution in [2.75, 3.05) is 13.1 Å². The summed E-state index contributed by atoms with van der Waals surface area (Å²) in [5.74, 6) is 0.477. The van der Waals surface area contributed by atoms with Gasteiger partial charge in [0.05, 0.1) is 11.0 Å². The Kier molecular flexibility index (Phi) is 5.82. The number of rotatable bonds is 5. The van der Waals surface area contributed by atoms with Crippen LogP contribution >= 0.6 is 0 Å². The SMILES string of the molecule is O=C(N1CCc2ncc(C(F)(F)F)cc2C1)C12CCCC1CC(NCCc1c[nH]c3ccccc13)C2. The first-order valence-corrected chi connectivity index (χ1v) is 13.0.